The number of allylic oxidation sites excluding steroid dienone is 10. The lowest BCUT2D eigenvalue weighted by Crippen LogP contribution is -2.30. The first-order chi connectivity index (χ1) is 31.5. The molecule has 0 aromatic heterocycles. The van der Waals surface area contributed by atoms with Crippen molar-refractivity contribution in [1.82, 2.24) is 0 Å². The number of carbonyl (C=O) groups excluding carboxylic acids is 3. The molecule has 6 heteroatoms. The average Bonchev–Trinajstić information content (AvgIpc) is 3.29. The van der Waals surface area contributed by atoms with Crippen LogP contribution in [0.25, 0.3) is 0 Å². The predicted octanol–water partition coefficient (Wildman–Crippen LogP) is 18.0. The van der Waals surface area contributed by atoms with Crippen LogP contribution in [0.1, 0.15) is 271 Å². The molecule has 1 unspecified atom stereocenters. The fourth-order valence-corrected chi connectivity index (χ4v) is 7.61. The normalized spacial score (nSPS) is 12.5. The van der Waals surface area contributed by atoms with Crippen LogP contribution in [0, 0.1) is 0 Å². The standard InChI is InChI=1S/C58H102O6/c1-4-7-10-13-16-19-22-24-26-28-29-31-32-34-36-39-42-45-48-51-57(60)63-54-55(53-62-56(59)50-47-44-41-38-21-18-15-12-9-6-3)64-58(61)52-49-46-43-40-37-35-33-30-27-25-23-20-17-14-11-8-5-2/h17,20,25,27-29,33,35,40,43,55H,4-16,18-19,21-24,26,30-32,34,36-39,41-42,44-54H2,1-3H3/b20-17-,27-25-,29-28-,35-33-,43-40-. The van der Waals surface area contributed by atoms with Crippen molar-refractivity contribution in [3.05, 3.63) is 60.8 Å². The Bertz CT molecular complexity index is 1170. The fraction of sp³-hybridized carbons (Fsp3) is 0.776. The van der Waals surface area contributed by atoms with Gasteiger partial charge in [0.05, 0.1) is 0 Å². The highest BCUT2D eigenvalue weighted by Crippen LogP contribution is 2.15. The SMILES string of the molecule is CCCCC/C=C\C/C=C\C/C=C\C/C=C\CCCC(=O)OC(COC(=O)CCCCCCCCC/C=C\CCCCCCCCCC)COC(=O)CCCCCCCCCCCC. The van der Waals surface area contributed by atoms with Crippen LogP contribution < -0.4 is 0 Å². The van der Waals surface area contributed by atoms with Crippen molar-refractivity contribution >= 4 is 17.9 Å². The van der Waals surface area contributed by atoms with Gasteiger partial charge >= 0.3 is 17.9 Å². The summed E-state index contributed by atoms with van der Waals surface area (Å²) >= 11 is 0. The summed E-state index contributed by atoms with van der Waals surface area (Å²) in [5.74, 6) is -0.951. The third-order valence-electron chi connectivity index (χ3n) is 11.7. The van der Waals surface area contributed by atoms with Gasteiger partial charge in [0.1, 0.15) is 13.2 Å². The quantitative estimate of drug-likeness (QED) is 0.0262. The summed E-state index contributed by atoms with van der Waals surface area (Å²) in [5.41, 5.74) is 0. The maximum absolute atomic E-state index is 12.8. The molecule has 64 heavy (non-hydrogen) atoms. The number of ether oxygens (including phenoxy) is 3. The van der Waals surface area contributed by atoms with Crippen molar-refractivity contribution in [2.45, 2.75) is 277 Å². The smallest absolute Gasteiger partial charge is 0.306 e. The number of esters is 3. The summed E-state index contributed by atoms with van der Waals surface area (Å²) in [7, 11) is 0. The molecule has 0 fully saturated rings. The minimum absolute atomic E-state index is 0.0954. The van der Waals surface area contributed by atoms with Gasteiger partial charge in [0.25, 0.3) is 0 Å². The third-order valence-corrected chi connectivity index (χ3v) is 11.7. The van der Waals surface area contributed by atoms with Gasteiger partial charge in [-0.1, -0.05) is 229 Å². The van der Waals surface area contributed by atoms with E-state index >= 15 is 0 Å². The first-order valence-corrected chi connectivity index (χ1v) is 27.3. The maximum Gasteiger partial charge on any atom is 0.306 e. The largest absolute Gasteiger partial charge is 0.462 e. The molecule has 0 aromatic carbocycles. The van der Waals surface area contributed by atoms with Gasteiger partial charge in [-0.15, -0.1) is 0 Å². The summed E-state index contributed by atoms with van der Waals surface area (Å²) in [6.07, 6.45) is 65.0. The molecule has 0 saturated heterocycles. The van der Waals surface area contributed by atoms with Gasteiger partial charge in [-0.05, 0) is 83.5 Å². The Morgan fingerprint density at radius 2 is 0.578 bits per heavy atom. The summed E-state index contributed by atoms with van der Waals surface area (Å²) in [5, 5.41) is 0. The highest BCUT2D eigenvalue weighted by molar-refractivity contribution is 5.71. The number of rotatable bonds is 49. The van der Waals surface area contributed by atoms with Crippen LogP contribution in [0.5, 0.6) is 0 Å². The third kappa shape index (κ3) is 50.1. The predicted molar refractivity (Wildman–Crippen MR) is 275 cm³/mol. The maximum atomic E-state index is 12.8. The zero-order chi connectivity index (χ0) is 46.5. The van der Waals surface area contributed by atoms with Crippen molar-refractivity contribution in [2.24, 2.45) is 0 Å². The van der Waals surface area contributed by atoms with E-state index < -0.39 is 6.10 Å². The molecule has 0 saturated carbocycles. The molecule has 0 radical (unpaired) electrons. The van der Waals surface area contributed by atoms with E-state index in [1.165, 1.54) is 161 Å². The Kier molecular flexibility index (Phi) is 50.4. The van der Waals surface area contributed by atoms with Crippen LogP contribution >= 0.6 is 0 Å². The molecule has 0 aliphatic heterocycles. The van der Waals surface area contributed by atoms with Crippen LogP contribution in [0.4, 0.5) is 0 Å². The molecule has 0 heterocycles. The first kappa shape index (κ1) is 61.1. The van der Waals surface area contributed by atoms with Crippen LogP contribution in [0.2, 0.25) is 0 Å². The van der Waals surface area contributed by atoms with Crippen molar-refractivity contribution in [3.8, 4) is 0 Å². The Hall–Kier alpha value is -2.89. The Morgan fingerprint density at radius 1 is 0.312 bits per heavy atom. The molecule has 0 N–H and O–H groups in total. The van der Waals surface area contributed by atoms with Crippen molar-refractivity contribution in [1.29, 1.82) is 0 Å². The van der Waals surface area contributed by atoms with Crippen LogP contribution in [0.3, 0.4) is 0 Å². The zero-order valence-corrected chi connectivity index (χ0v) is 42.3. The lowest BCUT2D eigenvalue weighted by molar-refractivity contribution is -0.167. The van der Waals surface area contributed by atoms with E-state index in [0.717, 1.165) is 64.2 Å². The molecule has 6 nitrogen and oxygen atoms in total. The second-order valence-electron chi connectivity index (χ2n) is 18.1. The topological polar surface area (TPSA) is 78.9 Å². The van der Waals surface area contributed by atoms with Crippen LogP contribution in [0.15, 0.2) is 60.8 Å². The highest BCUT2D eigenvalue weighted by atomic mass is 16.6. The zero-order valence-electron chi connectivity index (χ0n) is 42.3. The molecule has 0 spiro atoms. The van der Waals surface area contributed by atoms with E-state index in [4.69, 9.17) is 14.2 Å². The van der Waals surface area contributed by atoms with Crippen molar-refractivity contribution in [3.63, 3.8) is 0 Å². The minimum Gasteiger partial charge on any atom is -0.462 e. The van der Waals surface area contributed by atoms with E-state index in [2.05, 4.69) is 81.5 Å². The molecule has 0 aliphatic carbocycles. The van der Waals surface area contributed by atoms with Crippen LogP contribution in [-0.2, 0) is 28.6 Å². The van der Waals surface area contributed by atoms with Crippen LogP contribution in [-0.4, -0.2) is 37.2 Å². The molecule has 370 valence electrons. The van der Waals surface area contributed by atoms with Gasteiger partial charge < -0.3 is 14.2 Å². The Labute approximate surface area is 396 Å². The Balaban J connectivity index is 4.40. The molecular weight excluding hydrogens is 793 g/mol. The molecule has 0 aliphatic rings. The van der Waals surface area contributed by atoms with Gasteiger partial charge in [-0.25, -0.2) is 0 Å². The van der Waals surface area contributed by atoms with E-state index in [1.54, 1.807) is 0 Å². The summed E-state index contributed by atoms with van der Waals surface area (Å²) in [6.45, 7) is 6.56. The molecule has 0 amide bonds. The monoisotopic (exact) mass is 895 g/mol. The summed E-state index contributed by atoms with van der Waals surface area (Å²) in [6, 6.07) is 0. The molecule has 0 bridgehead atoms. The molecule has 0 aromatic rings. The lowest BCUT2D eigenvalue weighted by atomic mass is 10.1. The number of unbranched alkanes of at least 4 members (excludes halogenated alkanes) is 28. The summed E-state index contributed by atoms with van der Waals surface area (Å²) < 4.78 is 16.8. The number of carbonyl (C=O) groups is 3. The van der Waals surface area contributed by atoms with Gasteiger partial charge in [0.15, 0.2) is 6.10 Å². The number of hydrogen-bond acceptors (Lipinski definition) is 6. The van der Waals surface area contributed by atoms with Crippen molar-refractivity contribution in [2.75, 3.05) is 13.2 Å². The number of hydrogen-bond donors (Lipinski definition) is 0. The summed E-state index contributed by atoms with van der Waals surface area (Å²) in [4.78, 5) is 38.0. The average molecular weight is 895 g/mol. The fourth-order valence-electron chi connectivity index (χ4n) is 7.61. The van der Waals surface area contributed by atoms with E-state index in [9.17, 15) is 14.4 Å². The van der Waals surface area contributed by atoms with Gasteiger partial charge in [0.2, 0.25) is 0 Å². The lowest BCUT2D eigenvalue weighted by Gasteiger charge is -2.18. The molecular formula is C58H102O6. The minimum atomic E-state index is -0.801. The van der Waals surface area contributed by atoms with Gasteiger partial charge in [-0.2, -0.15) is 0 Å². The highest BCUT2D eigenvalue weighted by Gasteiger charge is 2.19. The molecule has 1 atom stereocenters. The second-order valence-corrected chi connectivity index (χ2v) is 18.1. The molecule has 0 rings (SSSR count). The van der Waals surface area contributed by atoms with E-state index in [0.29, 0.717) is 19.3 Å². The van der Waals surface area contributed by atoms with E-state index in [-0.39, 0.29) is 37.5 Å². The second kappa shape index (κ2) is 52.7. The van der Waals surface area contributed by atoms with Crippen molar-refractivity contribution < 1.29 is 28.6 Å². The van der Waals surface area contributed by atoms with Gasteiger partial charge in [-0.3, -0.25) is 14.4 Å². The Morgan fingerprint density at radius 3 is 0.969 bits per heavy atom. The first-order valence-electron chi connectivity index (χ1n) is 27.3. The van der Waals surface area contributed by atoms with Gasteiger partial charge in [0, 0.05) is 19.3 Å². The van der Waals surface area contributed by atoms with E-state index in [1.807, 2.05) is 0 Å².